The van der Waals surface area contributed by atoms with Crippen LogP contribution in [0.4, 0.5) is 5.00 Å². The molecule has 0 bridgehead atoms. The van der Waals surface area contributed by atoms with Crippen LogP contribution in [0, 0.1) is 5.92 Å². The maximum atomic E-state index is 12.7. The molecule has 1 amide bonds. The van der Waals surface area contributed by atoms with Crippen molar-refractivity contribution in [2.24, 2.45) is 5.92 Å². The van der Waals surface area contributed by atoms with E-state index in [9.17, 15) is 4.79 Å². The Bertz CT molecular complexity index is 776. The van der Waals surface area contributed by atoms with Gasteiger partial charge in [-0.05, 0) is 47.8 Å². The Kier molecular flexibility index (Phi) is 3.87. The molecular weight excluding hydrogens is 316 g/mol. The van der Waals surface area contributed by atoms with Crippen molar-refractivity contribution in [3.63, 3.8) is 0 Å². The van der Waals surface area contributed by atoms with E-state index in [0.29, 0.717) is 5.92 Å². The van der Waals surface area contributed by atoms with Gasteiger partial charge in [0.1, 0.15) is 11.2 Å². The number of nitrogens with one attached hydrogen (secondary N) is 2. The third-order valence-corrected chi connectivity index (χ3v) is 6.41. The maximum Gasteiger partial charge on any atom is 0.256 e. The standard InChI is InChI=1S/C20H24N2OS/c1-11(2)13-5-7-14(8-6-13)18-21-19(23)17-15-9-4-12(3)10-16(15)24-20(17)22-18/h5-8,11-12,18,22H,4,9-10H2,1-3H3,(H,21,23)/t12-,18-/m0/s1. The zero-order valence-corrected chi connectivity index (χ0v) is 15.3. The highest BCUT2D eigenvalue weighted by atomic mass is 32.1. The van der Waals surface area contributed by atoms with E-state index >= 15 is 0 Å². The first-order valence-electron chi connectivity index (χ1n) is 8.84. The largest absolute Gasteiger partial charge is 0.353 e. The number of thiophene rings is 1. The van der Waals surface area contributed by atoms with Gasteiger partial charge in [0, 0.05) is 4.88 Å². The van der Waals surface area contributed by atoms with Crippen molar-refractivity contribution in [1.82, 2.24) is 5.32 Å². The highest BCUT2D eigenvalue weighted by molar-refractivity contribution is 7.16. The van der Waals surface area contributed by atoms with Crippen molar-refractivity contribution in [3.8, 4) is 0 Å². The van der Waals surface area contributed by atoms with Gasteiger partial charge in [0.05, 0.1) is 5.56 Å². The lowest BCUT2D eigenvalue weighted by molar-refractivity contribution is 0.0935. The fraction of sp³-hybridized carbons (Fsp3) is 0.450. The van der Waals surface area contributed by atoms with E-state index in [0.717, 1.165) is 34.9 Å². The molecule has 0 spiro atoms. The van der Waals surface area contributed by atoms with Gasteiger partial charge >= 0.3 is 0 Å². The van der Waals surface area contributed by atoms with Crippen LogP contribution in [0.25, 0.3) is 0 Å². The van der Waals surface area contributed by atoms with Crippen LogP contribution in [0.2, 0.25) is 0 Å². The third kappa shape index (κ3) is 2.63. The lowest BCUT2D eigenvalue weighted by Gasteiger charge is -2.27. The van der Waals surface area contributed by atoms with Crippen LogP contribution in [0.3, 0.4) is 0 Å². The summed E-state index contributed by atoms with van der Waals surface area (Å²) in [6, 6.07) is 8.55. The molecule has 4 rings (SSSR count). The van der Waals surface area contributed by atoms with Crippen LogP contribution >= 0.6 is 11.3 Å². The average Bonchev–Trinajstić information content (AvgIpc) is 2.92. The lowest BCUT2D eigenvalue weighted by atomic mass is 9.88. The molecule has 1 aliphatic carbocycles. The average molecular weight is 340 g/mol. The van der Waals surface area contributed by atoms with Crippen molar-refractivity contribution >= 4 is 22.2 Å². The van der Waals surface area contributed by atoms with E-state index in [1.165, 1.54) is 22.4 Å². The fourth-order valence-corrected chi connectivity index (χ4v) is 5.14. The Morgan fingerprint density at radius 1 is 1.17 bits per heavy atom. The topological polar surface area (TPSA) is 41.1 Å². The molecule has 1 aliphatic heterocycles. The summed E-state index contributed by atoms with van der Waals surface area (Å²) in [6.07, 6.45) is 3.19. The maximum absolute atomic E-state index is 12.7. The molecule has 3 nitrogen and oxygen atoms in total. The number of amides is 1. The van der Waals surface area contributed by atoms with Gasteiger partial charge in [-0.1, -0.05) is 45.0 Å². The molecule has 1 aromatic carbocycles. The first-order chi connectivity index (χ1) is 11.5. The molecule has 4 heteroatoms. The van der Waals surface area contributed by atoms with E-state index in [1.54, 1.807) is 11.3 Å². The molecule has 0 saturated heterocycles. The Balaban J connectivity index is 1.63. The molecule has 0 unspecified atom stereocenters. The van der Waals surface area contributed by atoms with Crippen LogP contribution in [0.1, 0.15) is 71.2 Å². The molecule has 2 heterocycles. The van der Waals surface area contributed by atoms with Gasteiger partial charge in [-0.15, -0.1) is 11.3 Å². The van der Waals surface area contributed by atoms with Crippen LogP contribution in [0.15, 0.2) is 24.3 Å². The quantitative estimate of drug-likeness (QED) is 0.820. The number of carbonyl (C=O) groups excluding carboxylic acids is 1. The molecule has 2 aliphatic rings. The normalized spacial score (nSPS) is 22.6. The highest BCUT2D eigenvalue weighted by Gasteiger charge is 2.32. The summed E-state index contributed by atoms with van der Waals surface area (Å²) >= 11 is 1.78. The van der Waals surface area contributed by atoms with Gasteiger partial charge in [-0.25, -0.2) is 0 Å². The number of hydrogen-bond donors (Lipinski definition) is 2. The van der Waals surface area contributed by atoms with Crippen molar-refractivity contribution in [3.05, 3.63) is 51.4 Å². The lowest BCUT2D eigenvalue weighted by Crippen LogP contribution is -2.38. The number of anilines is 1. The van der Waals surface area contributed by atoms with Gasteiger partial charge in [-0.3, -0.25) is 4.79 Å². The van der Waals surface area contributed by atoms with Crippen LogP contribution in [-0.4, -0.2) is 5.91 Å². The summed E-state index contributed by atoms with van der Waals surface area (Å²) in [5.74, 6) is 1.32. The predicted molar refractivity (Wildman–Crippen MR) is 99.9 cm³/mol. The first kappa shape index (κ1) is 15.7. The summed E-state index contributed by atoms with van der Waals surface area (Å²) in [7, 11) is 0. The molecule has 1 aromatic heterocycles. The van der Waals surface area contributed by atoms with Gasteiger partial charge in [0.15, 0.2) is 0 Å². The van der Waals surface area contributed by atoms with Crippen LogP contribution < -0.4 is 10.6 Å². The minimum absolute atomic E-state index is 0.0775. The molecule has 2 N–H and O–H groups in total. The van der Waals surface area contributed by atoms with Crippen LogP contribution in [-0.2, 0) is 12.8 Å². The SMILES string of the molecule is CC(C)c1ccc([C@H]2NC(=O)c3c(sc4c3CC[C@H](C)C4)N2)cc1. The monoisotopic (exact) mass is 340 g/mol. The number of rotatable bonds is 2. The van der Waals surface area contributed by atoms with Crippen molar-refractivity contribution in [2.45, 2.75) is 52.1 Å². The zero-order valence-electron chi connectivity index (χ0n) is 14.5. The molecule has 0 radical (unpaired) electrons. The molecule has 126 valence electrons. The number of carbonyl (C=O) groups is 1. The molecule has 2 atom stereocenters. The summed E-state index contributed by atoms with van der Waals surface area (Å²) in [5.41, 5.74) is 4.61. The molecule has 2 aromatic rings. The van der Waals surface area contributed by atoms with Gasteiger partial charge in [-0.2, -0.15) is 0 Å². The smallest absolute Gasteiger partial charge is 0.256 e. The molecule has 24 heavy (non-hydrogen) atoms. The van der Waals surface area contributed by atoms with Crippen molar-refractivity contribution in [1.29, 1.82) is 0 Å². The van der Waals surface area contributed by atoms with E-state index in [2.05, 4.69) is 55.7 Å². The van der Waals surface area contributed by atoms with E-state index in [-0.39, 0.29) is 12.1 Å². The number of fused-ring (bicyclic) bond motifs is 3. The second kappa shape index (κ2) is 5.92. The van der Waals surface area contributed by atoms with Gasteiger partial charge in [0.25, 0.3) is 5.91 Å². The van der Waals surface area contributed by atoms with E-state index < -0.39 is 0 Å². The molecule has 0 fully saturated rings. The number of hydrogen-bond acceptors (Lipinski definition) is 3. The first-order valence-corrected chi connectivity index (χ1v) is 9.66. The fourth-order valence-electron chi connectivity index (χ4n) is 3.70. The second-order valence-electron chi connectivity index (χ2n) is 7.43. The molecular formula is C20H24N2OS. The summed E-state index contributed by atoms with van der Waals surface area (Å²) in [5, 5.41) is 7.74. The Hall–Kier alpha value is -1.81. The zero-order chi connectivity index (χ0) is 16.8. The Labute approximate surface area is 147 Å². The van der Waals surface area contributed by atoms with Crippen molar-refractivity contribution in [2.75, 3.05) is 5.32 Å². The van der Waals surface area contributed by atoms with Crippen molar-refractivity contribution < 1.29 is 4.79 Å². The Morgan fingerprint density at radius 2 is 1.92 bits per heavy atom. The summed E-state index contributed by atoms with van der Waals surface area (Å²) < 4.78 is 0. The summed E-state index contributed by atoms with van der Waals surface area (Å²) in [6.45, 7) is 6.69. The van der Waals surface area contributed by atoms with E-state index in [4.69, 9.17) is 0 Å². The van der Waals surface area contributed by atoms with E-state index in [1.807, 2.05) is 0 Å². The Morgan fingerprint density at radius 3 is 2.62 bits per heavy atom. The van der Waals surface area contributed by atoms with Gasteiger partial charge < -0.3 is 10.6 Å². The number of benzene rings is 1. The minimum Gasteiger partial charge on any atom is -0.353 e. The summed E-state index contributed by atoms with van der Waals surface area (Å²) in [4.78, 5) is 14.1. The predicted octanol–water partition coefficient (Wildman–Crippen LogP) is 4.85. The second-order valence-corrected chi connectivity index (χ2v) is 8.53. The highest BCUT2D eigenvalue weighted by Crippen LogP contribution is 2.42. The molecule has 0 saturated carbocycles. The minimum atomic E-state index is -0.135. The van der Waals surface area contributed by atoms with Gasteiger partial charge in [0.2, 0.25) is 0 Å². The van der Waals surface area contributed by atoms with Crippen LogP contribution in [0.5, 0.6) is 0 Å². The third-order valence-electron chi connectivity index (χ3n) is 5.23.